The summed E-state index contributed by atoms with van der Waals surface area (Å²) in [6.45, 7) is 2.25. The Morgan fingerprint density at radius 3 is 1.92 bits per heavy atom. The molecule has 0 fully saturated rings. The highest BCUT2D eigenvalue weighted by atomic mass is 16.2. The fourth-order valence-electron chi connectivity index (χ4n) is 2.84. The van der Waals surface area contributed by atoms with Gasteiger partial charge in [0, 0.05) is 6.20 Å². The minimum Gasteiger partial charge on any atom is -0.369 e. The topological polar surface area (TPSA) is 98.2 Å². The number of nitrogens with one attached hydrogen (secondary N) is 1. The molecule has 3 amide bonds. The van der Waals surface area contributed by atoms with Crippen molar-refractivity contribution in [3.05, 3.63) is 24.4 Å². The smallest absolute Gasteiger partial charge is 0.316 e. The van der Waals surface area contributed by atoms with Crippen LogP contribution in [0.3, 0.4) is 0 Å². The Balaban J connectivity index is 3.55. The second-order valence-corrected chi connectivity index (χ2v) is 6.90. The van der Waals surface area contributed by atoms with Crippen LogP contribution in [0.25, 0.3) is 0 Å². The van der Waals surface area contributed by atoms with Gasteiger partial charge in [-0.3, -0.25) is 4.79 Å². The number of rotatable bonds is 17. The first-order chi connectivity index (χ1) is 12.6. The van der Waals surface area contributed by atoms with E-state index < -0.39 is 6.03 Å². The van der Waals surface area contributed by atoms with Crippen molar-refractivity contribution in [2.75, 3.05) is 0 Å². The lowest BCUT2D eigenvalue weighted by molar-refractivity contribution is -0.120. The van der Waals surface area contributed by atoms with Gasteiger partial charge in [-0.05, 0) is 32.1 Å². The molecule has 1 unspecified atom stereocenters. The summed E-state index contributed by atoms with van der Waals surface area (Å²) in [6, 6.07) is -0.644. The minimum atomic E-state index is -0.644. The van der Waals surface area contributed by atoms with Gasteiger partial charge in [0.25, 0.3) is 0 Å². The van der Waals surface area contributed by atoms with E-state index in [9.17, 15) is 9.59 Å². The van der Waals surface area contributed by atoms with Crippen molar-refractivity contribution in [2.24, 2.45) is 17.4 Å². The van der Waals surface area contributed by atoms with Crippen molar-refractivity contribution in [1.29, 1.82) is 0 Å². The van der Waals surface area contributed by atoms with E-state index in [1.807, 2.05) is 0 Å². The van der Waals surface area contributed by atoms with Gasteiger partial charge in [0.15, 0.2) is 0 Å². The summed E-state index contributed by atoms with van der Waals surface area (Å²) in [7, 11) is 0. The van der Waals surface area contributed by atoms with Gasteiger partial charge in [0.2, 0.25) is 5.91 Å². The summed E-state index contributed by atoms with van der Waals surface area (Å²) in [5.41, 5.74) is 10.3. The molecule has 0 bridgehead atoms. The Morgan fingerprint density at radius 2 is 1.38 bits per heavy atom. The van der Waals surface area contributed by atoms with Crippen LogP contribution in [0, 0.1) is 5.92 Å². The molecule has 0 saturated heterocycles. The third-order valence-electron chi connectivity index (χ3n) is 4.45. The predicted molar refractivity (Wildman–Crippen MR) is 109 cm³/mol. The molecule has 0 aromatic heterocycles. The molecular weight excluding hydrogens is 326 g/mol. The van der Waals surface area contributed by atoms with Crippen molar-refractivity contribution < 1.29 is 9.59 Å². The average Bonchev–Trinajstić information content (AvgIpc) is 2.60. The summed E-state index contributed by atoms with van der Waals surface area (Å²) in [4.78, 5) is 21.9. The molecule has 0 aliphatic carbocycles. The van der Waals surface area contributed by atoms with E-state index >= 15 is 0 Å². The Hall–Kier alpha value is -1.78. The number of amides is 3. The standard InChI is InChI=1S/C21H39N3O2/c1-2-3-4-5-6-7-8-9-10-11-12-13-14-15-16-19(20(22)25)17-18-24-21(23)26/h9-10,17-19H,2-8,11-16H2,1H3,(H2,22,25)(H3,23,24,26)/b10-9-,18-17?. The Kier molecular flexibility index (Phi) is 16.8. The molecule has 5 N–H and O–H groups in total. The molecule has 0 aliphatic rings. The second kappa shape index (κ2) is 18.0. The van der Waals surface area contributed by atoms with Gasteiger partial charge >= 0.3 is 6.03 Å². The van der Waals surface area contributed by atoms with Crippen LogP contribution in [-0.4, -0.2) is 11.9 Å². The monoisotopic (exact) mass is 365 g/mol. The molecule has 5 nitrogen and oxygen atoms in total. The number of carbonyl (C=O) groups excluding carboxylic acids is 2. The van der Waals surface area contributed by atoms with Gasteiger partial charge < -0.3 is 16.8 Å². The van der Waals surface area contributed by atoms with Crippen molar-refractivity contribution in [2.45, 2.75) is 90.4 Å². The minimum absolute atomic E-state index is 0.348. The van der Waals surface area contributed by atoms with E-state index in [-0.39, 0.29) is 11.8 Å². The Labute approximate surface area is 159 Å². The lowest BCUT2D eigenvalue weighted by Gasteiger charge is -2.08. The third-order valence-corrected chi connectivity index (χ3v) is 4.45. The van der Waals surface area contributed by atoms with Crippen LogP contribution in [0.5, 0.6) is 0 Å². The summed E-state index contributed by atoms with van der Waals surface area (Å²) in [5, 5.41) is 2.33. The van der Waals surface area contributed by atoms with Gasteiger partial charge in [-0.25, -0.2) is 4.79 Å². The second-order valence-electron chi connectivity index (χ2n) is 6.90. The molecule has 150 valence electrons. The lowest BCUT2D eigenvalue weighted by atomic mass is 9.99. The van der Waals surface area contributed by atoms with Crippen molar-refractivity contribution in [3.8, 4) is 0 Å². The zero-order valence-corrected chi connectivity index (χ0v) is 16.6. The molecule has 1 atom stereocenters. The van der Waals surface area contributed by atoms with Crippen LogP contribution >= 0.6 is 0 Å². The number of carbonyl (C=O) groups is 2. The average molecular weight is 366 g/mol. The number of primary amides is 2. The maximum absolute atomic E-state index is 11.4. The van der Waals surface area contributed by atoms with Crippen LogP contribution in [0.1, 0.15) is 90.4 Å². The number of urea groups is 1. The molecule has 0 aromatic rings. The van der Waals surface area contributed by atoms with Crippen LogP contribution in [-0.2, 0) is 4.79 Å². The van der Waals surface area contributed by atoms with Crippen molar-refractivity contribution in [3.63, 3.8) is 0 Å². The predicted octanol–water partition coefficient (Wildman–Crippen LogP) is 4.92. The zero-order chi connectivity index (χ0) is 19.5. The molecule has 0 spiro atoms. The van der Waals surface area contributed by atoms with E-state index in [2.05, 4.69) is 24.4 Å². The SMILES string of the molecule is CCCCCCCC/C=C\CCCCCCC(C=CNC(N)=O)C(N)=O. The highest BCUT2D eigenvalue weighted by molar-refractivity contribution is 5.78. The van der Waals surface area contributed by atoms with Gasteiger partial charge in [0.1, 0.15) is 0 Å². The van der Waals surface area contributed by atoms with E-state index in [4.69, 9.17) is 11.5 Å². The van der Waals surface area contributed by atoms with Crippen LogP contribution in [0.15, 0.2) is 24.4 Å². The summed E-state index contributed by atoms with van der Waals surface area (Å²) < 4.78 is 0. The molecule has 0 aliphatic heterocycles. The number of hydrogen-bond donors (Lipinski definition) is 3. The fourth-order valence-corrected chi connectivity index (χ4v) is 2.84. The highest BCUT2D eigenvalue weighted by Crippen LogP contribution is 2.13. The van der Waals surface area contributed by atoms with E-state index in [0.717, 1.165) is 25.7 Å². The first-order valence-corrected chi connectivity index (χ1v) is 10.2. The zero-order valence-electron chi connectivity index (χ0n) is 16.6. The van der Waals surface area contributed by atoms with Crippen LogP contribution in [0.2, 0.25) is 0 Å². The van der Waals surface area contributed by atoms with Crippen molar-refractivity contribution in [1.82, 2.24) is 5.32 Å². The van der Waals surface area contributed by atoms with E-state index in [0.29, 0.717) is 6.42 Å². The van der Waals surface area contributed by atoms with E-state index in [1.54, 1.807) is 6.08 Å². The quantitative estimate of drug-likeness (QED) is 0.252. The summed E-state index contributed by atoms with van der Waals surface area (Å²) in [6.07, 6.45) is 23.2. The van der Waals surface area contributed by atoms with Gasteiger partial charge in [-0.15, -0.1) is 0 Å². The molecule has 5 heteroatoms. The number of allylic oxidation sites excluding steroid dienone is 2. The molecule has 0 aromatic carbocycles. The molecule has 0 saturated carbocycles. The molecule has 0 radical (unpaired) electrons. The third kappa shape index (κ3) is 17.1. The Morgan fingerprint density at radius 1 is 0.846 bits per heavy atom. The maximum Gasteiger partial charge on any atom is 0.316 e. The maximum atomic E-state index is 11.4. The van der Waals surface area contributed by atoms with Crippen LogP contribution in [0.4, 0.5) is 4.79 Å². The molecule has 26 heavy (non-hydrogen) atoms. The van der Waals surface area contributed by atoms with E-state index in [1.165, 1.54) is 57.6 Å². The number of nitrogens with two attached hydrogens (primary N) is 2. The largest absolute Gasteiger partial charge is 0.369 e. The molecule has 0 rings (SSSR count). The molecular formula is C21H39N3O2. The van der Waals surface area contributed by atoms with Gasteiger partial charge in [0.05, 0.1) is 5.92 Å². The Bertz CT molecular complexity index is 419. The number of unbranched alkanes of at least 4 members (excludes halogenated alkanes) is 10. The fraction of sp³-hybridized carbons (Fsp3) is 0.714. The lowest BCUT2D eigenvalue weighted by Crippen LogP contribution is -2.26. The first kappa shape index (κ1) is 24.2. The summed E-state index contributed by atoms with van der Waals surface area (Å²) >= 11 is 0. The summed E-state index contributed by atoms with van der Waals surface area (Å²) in [5.74, 6) is -0.718. The van der Waals surface area contributed by atoms with Crippen LogP contribution < -0.4 is 16.8 Å². The first-order valence-electron chi connectivity index (χ1n) is 10.2. The van der Waals surface area contributed by atoms with Crippen molar-refractivity contribution >= 4 is 11.9 Å². The molecule has 0 heterocycles. The number of hydrogen-bond acceptors (Lipinski definition) is 2. The highest BCUT2D eigenvalue weighted by Gasteiger charge is 2.10. The van der Waals surface area contributed by atoms with Gasteiger partial charge in [-0.1, -0.05) is 76.5 Å². The van der Waals surface area contributed by atoms with Gasteiger partial charge in [-0.2, -0.15) is 0 Å². The normalized spacial score (nSPS) is 12.7.